The Morgan fingerprint density at radius 1 is 1.35 bits per heavy atom. The van der Waals surface area contributed by atoms with Crippen molar-refractivity contribution < 1.29 is 5.11 Å². The standard InChI is InChI=1S/C16H22O/c1-5-13(2)12-16(4,17)11-10-15-9-7-6-8-14(15)3/h6-9,13,17H,5,12H2,1-4H3. The molecule has 0 heterocycles. The molecule has 17 heavy (non-hydrogen) atoms. The number of aliphatic hydroxyl groups is 1. The van der Waals surface area contributed by atoms with Crippen molar-refractivity contribution in [3.05, 3.63) is 35.4 Å². The second kappa shape index (κ2) is 5.89. The van der Waals surface area contributed by atoms with E-state index in [1.807, 2.05) is 31.2 Å². The predicted molar refractivity (Wildman–Crippen MR) is 72.8 cm³/mol. The van der Waals surface area contributed by atoms with Gasteiger partial charge in [0.05, 0.1) is 0 Å². The summed E-state index contributed by atoms with van der Waals surface area (Å²) in [5, 5.41) is 10.2. The first-order chi connectivity index (χ1) is 7.94. The number of hydrogen-bond donors (Lipinski definition) is 1. The highest BCUT2D eigenvalue weighted by Crippen LogP contribution is 2.18. The molecule has 92 valence electrons. The van der Waals surface area contributed by atoms with E-state index in [0.29, 0.717) is 5.92 Å². The van der Waals surface area contributed by atoms with Crippen LogP contribution in [0, 0.1) is 24.7 Å². The van der Waals surface area contributed by atoms with Crippen molar-refractivity contribution in [2.45, 2.75) is 46.1 Å². The van der Waals surface area contributed by atoms with E-state index in [2.05, 4.69) is 25.7 Å². The minimum atomic E-state index is -0.891. The molecule has 1 aromatic rings. The summed E-state index contributed by atoms with van der Waals surface area (Å²) in [7, 11) is 0. The molecule has 2 atom stereocenters. The van der Waals surface area contributed by atoms with Gasteiger partial charge in [-0.25, -0.2) is 0 Å². The van der Waals surface area contributed by atoms with Gasteiger partial charge in [-0.3, -0.25) is 0 Å². The number of aryl methyl sites for hydroxylation is 1. The van der Waals surface area contributed by atoms with Crippen LogP contribution in [0.1, 0.15) is 44.7 Å². The van der Waals surface area contributed by atoms with E-state index < -0.39 is 5.60 Å². The molecule has 2 unspecified atom stereocenters. The topological polar surface area (TPSA) is 20.2 Å². The molecule has 0 amide bonds. The van der Waals surface area contributed by atoms with Crippen LogP contribution in [-0.2, 0) is 0 Å². The van der Waals surface area contributed by atoms with E-state index in [0.717, 1.165) is 24.0 Å². The lowest BCUT2D eigenvalue weighted by Crippen LogP contribution is -2.24. The lowest BCUT2D eigenvalue weighted by Gasteiger charge is -2.20. The van der Waals surface area contributed by atoms with Gasteiger partial charge in [0.15, 0.2) is 0 Å². The molecule has 1 rings (SSSR count). The van der Waals surface area contributed by atoms with Crippen LogP contribution in [0.2, 0.25) is 0 Å². The van der Waals surface area contributed by atoms with Gasteiger partial charge in [0.25, 0.3) is 0 Å². The fourth-order valence-corrected chi connectivity index (χ4v) is 1.79. The molecule has 0 saturated carbocycles. The Morgan fingerprint density at radius 2 is 2.00 bits per heavy atom. The second-order valence-corrected chi connectivity index (χ2v) is 5.06. The van der Waals surface area contributed by atoms with E-state index in [1.54, 1.807) is 6.92 Å². The SMILES string of the molecule is CCC(C)CC(C)(O)C#Cc1ccccc1C. The fraction of sp³-hybridized carbons (Fsp3) is 0.500. The third kappa shape index (κ3) is 4.63. The van der Waals surface area contributed by atoms with E-state index >= 15 is 0 Å². The average Bonchev–Trinajstić information content (AvgIpc) is 2.27. The van der Waals surface area contributed by atoms with Crippen molar-refractivity contribution in [2.24, 2.45) is 5.92 Å². The molecule has 0 fully saturated rings. The number of benzene rings is 1. The quantitative estimate of drug-likeness (QED) is 0.788. The number of rotatable bonds is 3. The van der Waals surface area contributed by atoms with Gasteiger partial charge >= 0.3 is 0 Å². The molecular formula is C16H22O. The minimum Gasteiger partial charge on any atom is -0.378 e. The summed E-state index contributed by atoms with van der Waals surface area (Å²) in [6.45, 7) is 8.11. The zero-order valence-electron chi connectivity index (χ0n) is 11.2. The Morgan fingerprint density at radius 3 is 2.59 bits per heavy atom. The van der Waals surface area contributed by atoms with Crippen molar-refractivity contribution in [3.8, 4) is 11.8 Å². The molecule has 0 aliphatic heterocycles. The summed E-state index contributed by atoms with van der Waals surface area (Å²) < 4.78 is 0. The van der Waals surface area contributed by atoms with Gasteiger partial charge in [0.2, 0.25) is 0 Å². The van der Waals surface area contributed by atoms with Crippen LogP contribution in [0.3, 0.4) is 0 Å². The molecule has 0 radical (unpaired) electrons. The highest BCUT2D eigenvalue weighted by molar-refractivity contribution is 5.41. The maximum atomic E-state index is 10.2. The molecule has 0 aliphatic rings. The molecule has 0 saturated heterocycles. The predicted octanol–water partition coefficient (Wildman–Crippen LogP) is 3.53. The van der Waals surface area contributed by atoms with Gasteiger partial charge in [-0.1, -0.05) is 50.3 Å². The maximum Gasteiger partial charge on any atom is 0.123 e. The normalized spacial score (nSPS) is 15.6. The molecule has 1 aromatic carbocycles. The first-order valence-corrected chi connectivity index (χ1v) is 6.26. The summed E-state index contributed by atoms with van der Waals surface area (Å²) in [5.41, 5.74) is 1.26. The third-order valence-corrected chi connectivity index (χ3v) is 3.05. The Bertz CT molecular complexity index is 421. The minimum absolute atomic E-state index is 0.496. The monoisotopic (exact) mass is 230 g/mol. The largest absolute Gasteiger partial charge is 0.378 e. The molecule has 0 aliphatic carbocycles. The highest BCUT2D eigenvalue weighted by atomic mass is 16.3. The number of hydrogen-bond acceptors (Lipinski definition) is 1. The Balaban J connectivity index is 2.81. The fourth-order valence-electron chi connectivity index (χ4n) is 1.79. The maximum absolute atomic E-state index is 10.2. The summed E-state index contributed by atoms with van der Waals surface area (Å²) in [4.78, 5) is 0. The second-order valence-electron chi connectivity index (χ2n) is 5.06. The molecule has 1 nitrogen and oxygen atoms in total. The van der Waals surface area contributed by atoms with Crippen LogP contribution >= 0.6 is 0 Å². The van der Waals surface area contributed by atoms with E-state index in [-0.39, 0.29) is 0 Å². The van der Waals surface area contributed by atoms with Gasteiger partial charge in [-0.15, -0.1) is 0 Å². The smallest absolute Gasteiger partial charge is 0.123 e. The molecule has 1 N–H and O–H groups in total. The molecule has 1 heteroatoms. The van der Waals surface area contributed by atoms with Gasteiger partial charge < -0.3 is 5.11 Å². The lowest BCUT2D eigenvalue weighted by molar-refractivity contribution is 0.0939. The van der Waals surface area contributed by atoms with Gasteiger partial charge in [-0.05, 0) is 37.8 Å². The van der Waals surface area contributed by atoms with Crippen LogP contribution in [-0.4, -0.2) is 10.7 Å². The molecule has 0 aromatic heterocycles. The first-order valence-electron chi connectivity index (χ1n) is 6.26. The van der Waals surface area contributed by atoms with Crippen LogP contribution in [0.5, 0.6) is 0 Å². The van der Waals surface area contributed by atoms with Gasteiger partial charge in [0, 0.05) is 5.56 Å². The van der Waals surface area contributed by atoms with Crippen LogP contribution in [0.25, 0.3) is 0 Å². The summed E-state index contributed by atoms with van der Waals surface area (Å²) in [5.74, 6) is 6.57. The Hall–Kier alpha value is -1.26. The summed E-state index contributed by atoms with van der Waals surface area (Å²) >= 11 is 0. The van der Waals surface area contributed by atoms with Crippen molar-refractivity contribution >= 4 is 0 Å². The molecular weight excluding hydrogens is 208 g/mol. The van der Waals surface area contributed by atoms with E-state index in [4.69, 9.17) is 0 Å². The Kier molecular flexibility index (Phi) is 4.78. The third-order valence-electron chi connectivity index (χ3n) is 3.05. The molecule has 0 spiro atoms. The van der Waals surface area contributed by atoms with Crippen LogP contribution in [0.4, 0.5) is 0 Å². The van der Waals surface area contributed by atoms with Crippen LogP contribution < -0.4 is 0 Å². The summed E-state index contributed by atoms with van der Waals surface area (Å²) in [6, 6.07) is 7.99. The molecule has 0 bridgehead atoms. The zero-order valence-corrected chi connectivity index (χ0v) is 11.2. The highest BCUT2D eigenvalue weighted by Gasteiger charge is 2.19. The van der Waals surface area contributed by atoms with E-state index in [1.165, 1.54) is 0 Å². The zero-order chi connectivity index (χ0) is 12.9. The summed E-state index contributed by atoms with van der Waals surface area (Å²) in [6.07, 6.45) is 1.80. The van der Waals surface area contributed by atoms with Crippen molar-refractivity contribution in [2.75, 3.05) is 0 Å². The van der Waals surface area contributed by atoms with Crippen molar-refractivity contribution in [1.29, 1.82) is 0 Å². The average molecular weight is 230 g/mol. The van der Waals surface area contributed by atoms with Gasteiger partial charge in [0.1, 0.15) is 5.60 Å². The van der Waals surface area contributed by atoms with Crippen LogP contribution in [0.15, 0.2) is 24.3 Å². The van der Waals surface area contributed by atoms with Crippen molar-refractivity contribution in [3.63, 3.8) is 0 Å². The lowest BCUT2D eigenvalue weighted by atomic mass is 9.91. The Labute approximate surface area is 105 Å². The van der Waals surface area contributed by atoms with Crippen molar-refractivity contribution in [1.82, 2.24) is 0 Å². The van der Waals surface area contributed by atoms with E-state index in [9.17, 15) is 5.11 Å². The first kappa shape index (κ1) is 13.8. The van der Waals surface area contributed by atoms with Gasteiger partial charge in [-0.2, -0.15) is 0 Å².